The minimum absolute atomic E-state index is 0.0591. The molecule has 4 atom stereocenters. The maximum atomic E-state index is 13.2. The van der Waals surface area contributed by atoms with Gasteiger partial charge in [0.2, 0.25) is 0 Å². The molecular weight excluding hydrogens is 415 g/mol. The molecule has 0 spiro atoms. The van der Waals surface area contributed by atoms with Gasteiger partial charge in [0.25, 0.3) is 0 Å². The molecular formula is C24H32O3Se. The van der Waals surface area contributed by atoms with Crippen molar-refractivity contribution in [2.24, 2.45) is 22.2 Å². The van der Waals surface area contributed by atoms with E-state index < -0.39 is 13.5 Å². The Bertz CT molecular complexity index is 830. The average molecular weight is 447 g/mol. The molecule has 3 aliphatic carbocycles. The number of ketones is 2. The van der Waals surface area contributed by atoms with E-state index in [2.05, 4.69) is 26.0 Å². The Kier molecular flexibility index (Phi) is 4.85. The van der Waals surface area contributed by atoms with Crippen LogP contribution in [0.4, 0.5) is 0 Å². The van der Waals surface area contributed by atoms with Crippen LogP contribution in [0.3, 0.4) is 0 Å². The first-order chi connectivity index (χ1) is 13.1. The van der Waals surface area contributed by atoms with E-state index in [9.17, 15) is 14.7 Å². The van der Waals surface area contributed by atoms with Gasteiger partial charge in [-0.05, 0) is 0 Å². The average Bonchev–Trinajstić information content (AvgIpc) is 2.94. The summed E-state index contributed by atoms with van der Waals surface area (Å²) in [5.41, 5.74) is -0.351. The second kappa shape index (κ2) is 6.72. The normalized spacial score (nSPS) is 34.7. The number of hydrogen-bond donors (Lipinski definition) is 1. The fourth-order valence-corrected chi connectivity index (χ4v) is 12.2. The SMILES string of the molecule is CC1(C)CC(=O)C(=[Se](C[C@]23CC[C@H](C[C@H]2O)C3(C)C)c2ccccc2)C(=O)C1. The summed E-state index contributed by atoms with van der Waals surface area (Å²) in [5.74, 6) is 0.671. The molecule has 4 heteroatoms. The van der Waals surface area contributed by atoms with Crippen molar-refractivity contribution in [3.63, 3.8) is 0 Å². The molecule has 152 valence electrons. The Balaban J connectivity index is 1.85. The third kappa shape index (κ3) is 3.00. The van der Waals surface area contributed by atoms with Crippen molar-refractivity contribution in [3.8, 4) is 0 Å². The Morgan fingerprint density at radius 3 is 2.14 bits per heavy atom. The molecule has 0 saturated heterocycles. The Morgan fingerprint density at radius 2 is 1.64 bits per heavy atom. The van der Waals surface area contributed by atoms with Crippen LogP contribution in [0.5, 0.6) is 0 Å². The van der Waals surface area contributed by atoms with Gasteiger partial charge in [0.05, 0.1) is 0 Å². The summed E-state index contributed by atoms with van der Waals surface area (Å²) in [7, 11) is 0. The number of fused-ring (bicyclic) bond motifs is 2. The number of carbonyl (C=O) groups is 2. The maximum absolute atomic E-state index is 13.2. The summed E-state index contributed by atoms with van der Waals surface area (Å²) in [6, 6.07) is 10.2. The van der Waals surface area contributed by atoms with Gasteiger partial charge >= 0.3 is 172 Å². The third-order valence-corrected chi connectivity index (χ3v) is 13.3. The van der Waals surface area contributed by atoms with Gasteiger partial charge in [0.15, 0.2) is 0 Å². The van der Waals surface area contributed by atoms with E-state index in [1.54, 1.807) is 0 Å². The predicted octanol–water partition coefficient (Wildman–Crippen LogP) is 3.29. The molecule has 3 nitrogen and oxygen atoms in total. The Labute approximate surface area is 172 Å². The van der Waals surface area contributed by atoms with Crippen LogP contribution in [-0.4, -0.2) is 40.7 Å². The van der Waals surface area contributed by atoms with Gasteiger partial charge in [-0.2, -0.15) is 0 Å². The van der Waals surface area contributed by atoms with Crippen LogP contribution >= 0.6 is 0 Å². The fourth-order valence-electron chi connectivity index (χ4n) is 6.02. The van der Waals surface area contributed by atoms with Crippen molar-refractivity contribution >= 4 is 33.9 Å². The van der Waals surface area contributed by atoms with E-state index >= 15 is 0 Å². The molecule has 2 bridgehead atoms. The summed E-state index contributed by atoms with van der Waals surface area (Å²) >= 11 is -1.84. The van der Waals surface area contributed by atoms with Crippen molar-refractivity contribution in [1.82, 2.24) is 0 Å². The van der Waals surface area contributed by atoms with Gasteiger partial charge in [-0.1, -0.05) is 0 Å². The topological polar surface area (TPSA) is 54.4 Å². The summed E-state index contributed by atoms with van der Waals surface area (Å²) in [5, 5.41) is 11.9. The molecule has 1 aromatic rings. The van der Waals surface area contributed by atoms with Crippen LogP contribution in [0.25, 0.3) is 0 Å². The van der Waals surface area contributed by atoms with Crippen molar-refractivity contribution in [2.45, 2.75) is 71.2 Å². The number of benzene rings is 1. The van der Waals surface area contributed by atoms with Crippen LogP contribution < -0.4 is 4.46 Å². The molecule has 0 radical (unpaired) electrons. The standard InChI is InChI=1S/C24H32O3Se/c1-22(2)13-18(25)21(19(26)14-22)28(17-8-6-5-7-9-17)15-24-11-10-16(12-20(24)27)23(24,3)4/h5-9,16,20,27H,10-15H2,1-4H3/t16-,20-,24-,28?/m1/s1. The van der Waals surface area contributed by atoms with Gasteiger partial charge in [-0.15, -0.1) is 0 Å². The quantitative estimate of drug-likeness (QED) is 0.724. The molecule has 28 heavy (non-hydrogen) atoms. The molecule has 3 saturated carbocycles. The molecule has 0 heterocycles. The first-order valence-electron chi connectivity index (χ1n) is 10.4. The van der Waals surface area contributed by atoms with E-state index in [1.165, 1.54) is 0 Å². The van der Waals surface area contributed by atoms with E-state index in [0.29, 0.717) is 23.2 Å². The zero-order chi connectivity index (χ0) is 20.3. The number of aliphatic hydroxyl groups is 1. The van der Waals surface area contributed by atoms with Gasteiger partial charge < -0.3 is 0 Å². The predicted molar refractivity (Wildman–Crippen MR) is 114 cm³/mol. The summed E-state index contributed by atoms with van der Waals surface area (Å²) in [6.07, 6.45) is 3.64. The third-order valence-electron chi connectivity index (χ3n) is 7.85. The summed E-state index contributed by atoms with van der Waals surface area (Å²) in [6.45, 7) is 8.63. The zero-order valence-corrected chi connectivity index (χ0v) is 19.2. The number of Topliss-reactive ketones (excluding diaryl/α,β-unsaturated/α-hetero) is 2. The Hall–Kier alpha value is -1.09. The number of rotatable bonds is 3. The zero-order valence-electron chi connectivity index (χ0n) is 17.5. The second-order valence-electron chi connectivity index (χ2n) is 10.4. The number of aliphatic hydroxyl groups excluding tert-OH is 1. The Morgan fingerprint density at radius 1 is 1.04 bits per heavy atom. The second-order valence-corrected chi connectivity index (χ2v) is 14.5. The van der Waals surface area contributed by atoms with Gasteiger partial charge in [0, 0.05) is 0 Å². The molecule has 3 fully saturated rings. The minimum atomic E-state index is -1.84. The fraction of sp³-hybridized carbons (Fsp3) is 0.625. The monoisotopic (exact) mass is 448 g/mol. The molecule has 1 N–H and O–H groups in total. The molecule has 4 rings (SSSR count). The molecule has 1 unspecified atom stereocenters. The summed E-state index contributed by atoms with van der Waals surface area (Å²) in [4.78, 5) is 26.3. The van der Waals surface area contributed by atoms with E-state index in [-0.39, 0.29) is 33.9 Å². The van der Waals surface area contributed by atoms with Crippen LogP contribution in [0, 0.1) is 22.2 Å². The van der Waals surface area contributed by atoms with Crippen LogP contribution in [0.1, 0.15) is 59.8 Å². The molecule has 0 amide bonds. The van der Waals surface area contributed by atoms with Crippen molar-refractivity contribution in [1.29, 1.82) is 0 Å². The van der Waals surface area contributed by atoms with E-state index in [0.717, 1.165) is 29.0 Å². The molecule has 0 aromatic heterocycles. The van der Waals surface area contributed by atoms with E-state index in [4.69, 9.17) is 0 Å². The van der Waals surface area contributed by atoms with Gasteiger partial charge in [-0.3, -0.25) is 0 Å². The molecule has 3 aliphatic rings. The first-order valence-corrected chi connectivity index (χ1v) is 13.4. The molecule has 1 aromatic carbocycles. The molecule has 0 aliphatic heterocycles. The van der Waals surface area contributed by atoms with Crippen LogP contribution in [0.2, 0.25) is 5.32 Å². The first kappa shape index (κ1) is 20.2. The number of carbonyl (C=O) groups excluding carboxylic acids is 2. The number of hydrogen-bond acceptors (Lipinski definition) is 3. The van der Waals surface area contributed by atoms with Crippen molar-refractivity contribution in [3.05, 3.63) is 30.3 Å². The van der Waals surface area contributed by atoms with Crippen LogP contribution in [0.15, 0.2) is 30.3 Å². The van der Waals surface area contributed by atoms with Crippen molar-refractivity contribution in [2.75, 3.05) is 0 Å². The summed E-state index contributed by atoms with van der Waals surface area (Å²) < 4.78 is 1.77. The van der Waals surface area contributed by atoms with E-state index in [1.807, 2.05) is 32.0 Å². The van der Waals surface area contributed by atoms with Gasteiger partial charge in [0.1, 0.15) is 0 Å². The van der Waals surface area contributed by atoms with Crippen LogP contribution in [-0.2, 0) is 9.59 Å². The van der Waals surface area contributed by atoms with Gasteiger partial charge in [-0.25, -0.2) is 0 Å². The van der Waals surface area contributed by atoms with Crippen molar-refractivity contribution < 1.29 is 14.7 Å².